The van der Waals surface area contributed by atoms with Crippen molar-refractivity contribution in [3.63, 3.8) is 0 Å². The van der Waals surface area contributed by atoms with E-state index in [1.807, 2.05) is 97.1 Å². The first kappa shape index (κ1) is 23.5. The smallest absolute Gasteiger partial charge is 0.206 e. The minimum atomic E-state index is 0.478. The van der Waals surface area contributed by atoms with E-state index in [4.69, 9.17) is 38.5 Å². The van der Waals surface area contributed by atoms with Gasteiger partial charge in [0.05, 0.1) is 5.39 Å². The van der Waals surface area contributed by atoms with Gasteiger partial charge in [0.25, 0.3) is 0 Å². The first-order chi connectivity index (χ1) is 19.2. The van der Waals surface area contributed by atoms with Crippen LogP contribution < -0.4 is 0 Å². The maximum atomic E-state index is 6.24. The van der Waals surface area contributed by atoms with E-state index in [1.165, 1.54) is 0 Å². The maximum Gasteiger partial charge on any atom is 0.206 e. The van der Waals surface area contributed by atoms with Crippen LogP contribution in [0.5, 0.6) is 0 Å². The van der Waals surface area contributed by atoms with Gasteiger partial charge in [0.1, 0.15) is 17.1 Å². The Morgan fingerprint density at radius 3 is 1.67 bits per heavy atom. The highest BCUT2D eigenvalue weighted by Crippen LogP contribution is 2.39. The molecule has 7 aromatic rings. The lowest BCUT2D eigenvalue weighted by molar-refractivity contribution is 0.903. The lowest BCUT2D eigenvalue weighted by atomic mass is 9.97. The molecule has 0 radical (unpaired) electrons. The predicted molar refractivity (Wildman–Crippen MR) is 156 cm³/mol. The minimum absolute atomic E-state index is 0.478. The standard InChI is InChI=1S/C31H18Cl2N6/c32-23-15-11-21(12-16-23)28-29(22-13-17-24(33)18-14-22)39-31(37-35-28)26-25(19-7-3-1-4-8-19)27(34-36-30(26)38-39)20-9-5-2-6-10-20/h1-18H. The van der Waals surface area contributed by atoms with Crippen molar-refractivity contribution in [2.24, 2.45) is 0 Å². The van der Waals surface area contributed by atoms with E-state index in [9.17, 15) is 0 Å². The zero-order chi connectivity index (χ0) is 26.3. The highest BCUT2D eigenvalue weighted by Gasteiger charge is 2.24. The SMILES string of the molecule is Clc1ccc(-c2nnc3c4c(-c5ccccc5)c(-c5ccccc5)nnc4nn3c2-c2ccc(Cl)cc2)cc1. The predicted octanol–water partition coefficient (Wildman–Crippen LogP) is 8.04. The minimum Gasteiger partial charge on any atom is -0.208 e. The van der Waals surface area contributed by atoms with Crippen LogP contribution in [0.25, 0.3) is 61.6 Å². The molecule has 3 aromatic heterocycles. The topological polar surface area (TPSA) is 68.9 Å². The average Bonchev–Trinajstić information content (AvgIpc) is 3.37. The molecule has 3 heterocycles. The maximum absolute atomic E-state index is 6.24. The van der Waals surface area contributed by atoms with E-state index >= 15 is 0 Å². The Hall–Kier alpha value is -4.65. The number of hydrogen-bond acceptors (Lipinski definition) is 5. The monoisotopic (exact) mass is 544 g/mol. The second kappa shape index (κ2) is 9.58. The molecule has 0 amide bonds. The third kappa shape index (κ3) is 4.11. The average molecular weight is 545 g/mol. The molecule has 0 spiro atoms. The summed E-state index contributed by atoms with van der Waals surface area (Å²) in [6, 6.07) is 35.2. The van der Waals surface area contributed by atoms with Crippen LogP contribution >= 0.6 is 23.2 Å². The van der Waals surface area contributed by atoms with Gasteiger partial charge >= 0.3 is 0 Å². The van der Waals surface area contributed by atoms with Crippen molar-refractivity contribution in [3.05, 3.63) is 119 Å². The number of nitrogens with zero attached hydrogens (tertiary/aromatic N) is 6. The molecular formula is C31H18Cl2N6. The van der Waals surface area contributed by atoms with Gasteiger partial charge < -0.3 is 0 Å². The molecule has 0 N–H and O–H groups in total. The van der Waals surface area contributed by atoms with Gasteiger partial charge in [-0.2, -0.15) is 0 Å². The van der Waals surface area contributed by atoms with Crippen LogP contribution in [0, 0.1) is 0 Å². The first-order valence-electron chi connectivity index (χ1n) is 12.3. The van der Waals surface area contributed by atoms with Crippen molar-refractivity contribution in [3.8, 4) is 44.9 Å². The Bertz CT molecular complexity index is 1950. The molecule has 0 fully saturated rings. The molecule has 6 nitrogen and oxygen atoms in total. The molecule has 4 aromatic carbocycles. The van der Waals surface area contributed by atoms with E-state index in [0.29, 0.717) is 27.0 Å². The van der Waals surface area contributed by atoms with Crippen LogP contribution in [0.15, 0.2) is 109 Å². The lowest BCUT2D eigenvalue weighted by Crippen LogP contribution is -2.03. The second-order valence-corrected chi connectivity index (χ2v) is 9.87. The fraction of sp³-hybridized carbons (Fsp3) is 0. The molecule has 0 aliphatic heterocycles. The molecule has 0 atom stereocenters. The molecule has 0 saturated heterocycles. The van der Waals surface area contributed by atoms with Gasteiger partial charge in [-0.15, -0.1) is 25.5 Å². The van der Waals surface area contributed by atoms with Gasteiger partial charge in [0.15, 0.2) is 5.65 Å². The van der Waals surface area contributed by atoms with E-state index < -0.39 is 0 Å². The highest BCUT2D eigenvalue weighted by atomic mass is 35.5. The summed E-state index contributed by atoms with van der Waals surface area (Å²) in [6.45, 7) is 0. The highest BCUT2D eigenvalue weighted by molar-refractivity contribution is 6.31. The van der Waals surface area contributed by atoms with E-state index in [2.05, 4.69) is 22.3 Å². The van der Waals surface area contributed by atoms with E-state index in [-0.39, 0.29) is 0 Å². The molecule has 7 rings (SSSR count). The molecule has 8 heteroatoms. The van der Waals surface area contributed by atoms with Crippen molar-refractivity contribution in [1.29, 1.82) is 0 Å². The van der Waals surface area contributed by atoms with Crippen molar-refractivity contribution >= 4 is 39.9 Å². The Morgan fingerprint density at radius 1 is 0.487 bits per heavy atom. The summed E-state index contributed by atoms with van der Waals surface area (Å²) < 4.78 is 1.81. The summed E-state index contributed by atoms with van der Waals surface area (Å²) in [5.74, 6) is 0. The molecule has 39 heavy (non-hydrogen) atoms. The molecule has 0 aliphatic carbocycles. The molecule has 0 bridgehead atoms. The third-order valence-corrected chi connectivity index (χ3v) is 7.10. The summed E-state index contributed by atoms with van der Waals surface area (Å²) in [4.78, 5) is 0. The van der Waals surface area contributed by atoms with Crippen LogP contribution in [0.4, 0.5) is 0 Å². The van der Waals surface area contributed by atoms with Crippen molar-refractivity contribution in [2.45, 2.75) is 0 Å². The number of benzene rings is 4. The summed E-state index contributed by atoms with van der Waals surface area (Å²) >= 11 is 12.4. The first-order valence-corrected chi connectivity index (χ1v) is 13.0. The largest absolute Gasteiger partial charge is 0.208 e. The number of halogens is 2. The Kier molecular flexibility index (Phi) is 5.77. The number of aromatic nitrogens is 6. The van der Waals surface area contributed by atoms with Gasteiger partial charge in [0, 0.05) is 32.3 Å². The van der Waals surface area contributed by atoms with Crippen LogP contribution in [0.3, 0.4) is 0 Å². The number of rotatable bonds is 4. The fourth-order valence-electron chi connectivity index (χ4n) is 4.80. The van der Waals surface area contributed by atoms with Gasteiger partial charge in [0.2, 0.25) is 5.65 Å². The van der Waals surface area contributed by atoms with Gasteiger partial charge in [-0.25, -0.2) is 4.52 Å². The Labute approximate surface area is 233 Å². The van der Waals surface area contributed by atoms with Gasteiger partial charge in [-0.1, -0.05) is 108 Å². The Morgan fingerprint density at radius 2 is 1.03 bits per heavy atom. The van der Waals surface area contributed by atoms with Crippen molar-refractivity contribution in [1.82, 2.24) is 30.0 Å². The normalized spacial score (nSPS) is 11.3. The molecule has 186 valence electrons. The number of fused-ring (bicyclic) bond motifs is 3. The van der Waals surface area contributed by atoms with Crippen molar-refractivity contribution < 1.29 is 0 Å². The third-order valence-electron chi connectivity index (χ3n) is 6.60. The van der Waals surface area contributed by atoms with Crippen LogP contribution in [0.2, 0.25) is 10.0 Å². The lowest BCUT2D eigenvalue weighted by Gasteiger charge is -2.12. The second-order valence-electron chi connectivity index (χ2n) is 9.00. The van der Waals surface area contributed by atoms with E-state index in [1.54, 1.807) is 4.52 Å². The summed E-state index contributed by atoms with van der Waals surface area (Å²) in [6.07, 6.45) is 0. The fourth-order valence-corrected chi connectivity index (χ4v) is 5.06. The molecule has 0 saturated carbocycles. The molecule has 0 aliphatic rings. The quantitative estimate of drug-likeness (QED) is 0.224. The summed E-state index contributed by atoms with van der Waals surface area (Å²) in [5.41, 5.74) is 7.82. The van der Waals surface area contributed by atoms with Gasteiger partial charge in [-0.3, -0.25) is 0 Å². The number of hydrogen-bond donors (Lipinski definition) is 0. The zero-order valence-corrected chi connectivity index (χ0v) is 21.8. The van der Waals surface area contributed by atoms with Crippen molar-refractivity contribution in [2.75, 3.05) is 0 Å². The van der Waals surface area contributed by atoms with Gasteiger partial charge in [-0.05, 0) is 29.8 Å². The molecular weight excluding hydrogens is 527 g/mol. The van der Waals surface area contributed by atoms with Crippen LogP contribution in [0.1, 0.15) is 0 Å². The molecule has 0 unspecified atom stereocenters. The van der Waals surface area contributed by atoms with E-state index in [0.717, 1.165) is 44.6 Å². The summed E-state index contributed by atoms with van der Waals surface area (Å²) in [5, 5.41) is 25.6. The van der Waals surface area contributed by atoms with Crippen LogP contribution in [-0.4, -0.2) is 30.0 Å². The van der Waals surface area contributed by atoms with Crippen LogP contribution in [-0.2, 0) is 0 Å². The Balaban J connectivity index is 1.61. The zero-order valence-electron chi connectivity index (χ0n) is 20.3. The summed E-state index contributed by atoms with van der Waals surface area (Å²) in [7, 11) is 0.